The average molecular weight is 166 g/mol. The molecule has 0 heterocycles. The van der Waals surface area contributed by atoms with Gasteiger partial charge in [0, 0.05) is 0 Å². The Hall–Kier alpha value is -0.260. The Bertz CT molecular complexity index is 159. The van der Waals surface area contributed by atoms with E-state index in [1.54, 1.807) is 0 Å². The van der Waals surface area contributed by atoms with Crippen molar-refractivity contribution in [3.63, 3.8) is 0 Å². The largest absolute Gasteiger partial charge is 0.0999 e. The maximum absolute atomic E-state index is 4.05. The van der Waals surface area contributed by atoms with E-state index < -0.39 is 0 Å². The molecule has 0 aromatic heterocycles. The van der Waals surface area contributed by atoms with Gasteiger partial charge in [-0.3, -0.25) is 0 Å². The molecule has 70 valence electrons. The predicted molar refractivity (Wildman–Crippen MR) is 55.2 cm³/mol. The zero-order valence-corrected chi connectivity index (χ0v) is 8.82. The summed E-state index contributed by atoms with van der Waals surface area (Å²) in [6.07, 6.45) is 6.90. The molecule has 12 heavy (non-hydrogen) atoms. The van der Waals surface area contributed by atoms with E-state index in [2.05, 4.69) is 27.4 Å². The van der Waals surface area contributed by atoms with Crippen molar-refractivity contribution >= 4 is 0 Å². The number of hydrogen-bond donors (Lipinski definition) is 0. The molecule has 0 atom stereocenters. The molecule has 0 aliphatic heterocycles. The highest BCUT2D eigenvalue weighted by molar-refractivity contribution is 4.99. The van der Waals surface area contributed by atoms with Crippen molar-refractivity contribution in [2.75, 3.05) is 0 Å². The molecule has 0 bridgehead atoms. The minimum absolute atomic E-state index is 0.645. The first-order valence-corrected chi connectivity index (χ1v) is 5.23. The van der Waals surface area contributed by atoms with E-state index in [1.165, 1.54) is 37.7 Å². The second kappa shape index (κ2) is 3.64. The molecule has 1 rings (SSSR count). The maximum atomic E-state index is 4.05. The van der Waals surface area contributed by atoms with Gasteiger partial charge in [0.15, 0.2) is 0 Å². The first kappa shape index (κ1) is 9.83. The molecule has 0 spiro atoms. The number of allylic oxidation sites excluding steroid dienone is 1. The van der Waals surface area contributed by atoms with E-state index in [-0.39, 0.29) is 0 Å². The molecule has 0 heteroatoms. The van der Waals surface area contributed by atoms with Gasteiger partial charge in [0.1, 0.15) is 0 Å². The normalized spacial score (nSPS) is 36.4. The summed E-state index contributed by atoms with van der Waals surface area (Å²) in [6, 6.07) is 0. The lowest BCUT2D eigenvalue weighted by Gasteiger charge is -2.36. The predicted octanol–water partition coefficient (Wildman–Crippen LogP) is 4.17. The van der Waals surface area contributed by atoms with Gasteiger partial charge in [-0.2, -0.15) is 0 Å². The minimum atomic E-state index is 0.645. The van der Waals surface area contributed by atoms with Crippen LogP contribution in [0.5, 0.6) is 0 Å². The van der Waals surface area contributed by atoms with Crippen molar-refractivity contribution in [1.82, 2.24) is 0 Å². The van der Waals surface area contributed by atoms with Gasteiger partial charge in [-0.1, -0.05) is 32.4 Å². The molecule has 0 saturated heterocycles. The molecule has 0 aromatic rings. The minimum Gasteiger partial charge on any atom is -0.0999 e. The summed E-state index contributed by atoms with van der Waals surface area (Å²) in [7, 11) is 0. The zero-order chi connectivity index (χ0) is 9.19. The third-order valence-electron chi connectivity index (χ3n) is 3.74. The highest BCUT2D eigenvalue weighted by atomic mass is 14.3. The van der Waals surface area contributed by atoms with Crippen LogP contribution in [0.15, 0.2) is 12.2 Å². The summed E-state index contributed by atoms with van der Waals surface area (Å²) < 4.78 is 0. The molecule has 1 fully saturated rings. The summed E-state index contributed by atoms with van der Waals surface area (Å²) >= 11 is 0. The third-order valence-corrected chi connectivity index (χ3v) is 3.74. The van der Waals surface area contributed by atoms with Gasteiger partial charge in [-0.05, 0) is 43.9 Å². The molecule has 0 amide bonds. The van der Waals surface area contributed by atoms with E-state index >= 15 is 0 Å². The Morgan fingerprint density at radius 3 is 2.25 bits per heavy atom. The first-order valence-electron chi connectivity index (χ1n) is 5.23. The van der Waals surface area contributed by atoms with E-state index in [0.29, 0.717) is 5.41 Å². The average Bonchev–Trinajstić information content (AvgIpc) is 2.05. The van der Waals surface area contributed by atoms with Crippen molar-refractivity contribution in [2.24, 2.45) is 11.3 Å². The fourth-order valence-corrected chi connectivity index (χ4v) is 2.16. The van der Waals surface area contributed by atoms with Gasteiger partial charge in [0.2, 0.25) is 0 Å². The van der Waals surface area contributed by atoms with E-state index in [0.717, 1.165) is 5.92 Å². The standard InChI is InChI=1S/C12H22/c1-5-12(4)8-6-11(7-9-12)10(2)3/h11H,2,5-9H2,1,3-4H3. The Kier molecular flexibility index (Phi) is 2.98. The van der Waals surface area contributed by atoms with Crippen LogP contribution in [0.3, 0.4) is 0 Å². The quantitative estimate of drug-likeness (QED) is 0.540. The van der Waals surface area contributed by atoms with Gasteiger partial charge in [0.05, 0.1) is 0 Å². The Morgan fingerprint density at radius 1 is 1.42 bits per heavy atom. The molecular weight excluding hydrogens is 144 g/mol. The highest BCUT2D eigenvalue weighted by Crippen LogP contribution is 2.42. The second-order valence-corrected chi connectivity index (χ2v) is 4.78. The van der Waals surface area contributed by atoms with Crippen LogP contribution in [0.2, 0.25) is 0 Å². The summed E-state index contributed by atoms with van der Waals surface area (Å²) in [5.41, 5.74) is 2.04. The third kappa shape index (κ3) is 2.12. The van der Waals surface area contributed by atoms with Gasteiger partial charge in [-0.15, -0.1) is 0 Å². The van der Waals surface area contributed by atoms with Crippen LogP contribution in [0.1, 0.15) is 52.9 Å². The summed E-state index contributed by atoms with van der Waals surface area (Å²) in [6.45, 7) is 11.0. The van der Waals surface area contributed by atoms with Gasteiger partial charge in [-0.25, -0.2) is 0 Å². The molecule has 1 saturated carbocycles. The lowest BCUT2D eigenvalue weighted by atomic mass is 9.69. The molecule has 0 aromatic carbocycles. The Balaban J connectivity index is 2.44. The molecule has 1 aliphatic rings. The SMILES string of the molecule is C=C(C)C1CCC(C)(CC)CC1. The zero-order valence-electron chi connectivity index (χ0n) is 8.82. The lowest BCUT2D eigenvalue weighted by Crippen LogP contribution is -2.23. The van der Waals surface area contributed by atoms with Crippen LogP contribution in [-0.4, -0.2) is 0 Å². The Labute approximate surface area is 77.1 Å². The number of hydrogen-bond acceptors (Lipinski definition) is 0. The number of rotatable bonds is 2. The highest BCUT2D eigenvalue weighted by Gasteiger charge is 2.29. The maximum Gasteiger partial charge on any atom is -0.0208 e. The fraction of sp³-hybridized carbons (Fsp3) is 0.833. The van der Waals surface area contributed by atoms with Gasteiger partial charge in [0.25, 0.3) is 0 Å². The summed E-state index contributed by atoms with van der Waals surface area (Å²) in [4.78, 5) is 0. The molecule has 0 radical (unpaired) electrons. The molecule has 1 aliphatic carbocycles. The molecule has 0 nitrogen and oxygen atoms in total. The van der Waals surface area contributed by atoms with Crippen LogP contribution in [0.25, 0.3) is 0 Å². The Morgan fingerprint density at radius 2 is 1.92 bits per heavy atom. The lowest BCUT2D eigenvalue weighted by molar-refractivity contribution is 0.178. The first-order chi connectivity index (χ1) is 5.57. The van der Waals surface area contributed by atoms with E-state index in [1.807, 2.05) is 0 Å². The summed E-state index contributed by atoms with van der Waals surface area (Å²) in [5.74, 6) is 0.824. The van der Waals surface area contributed by atoms with Crippen LogP contribution in [0, 0.1) is 11.3 Å². The van der Waals surface area contributed by atoms with Crippen LogP contribution in [-0.2, 0) is 0 Å². The van der Waals surface area contributed by atoms with Crippen LogP contribution >= 0.6 is 0 Å². The van der Waals surface area contributed by atoms with Gasteiger partial charge >= 0.3 is 0 Å². The van der Waals surface area contributed by atoms with Crippen molar-refractivity contribution in [3.8, 4) is 0 Å². The fourth-order valence-electron chi connectivity index (χ4n) is 2.16. The topological polar surface area (TPSA) is 0 Å². The molecular formula is C12H22. The van der Waals surface area contributed by atoms with Crippen molar-refractivity contribution in [2.45, 2.75) is 52.9 Å². The van der Waals surface area contributed by atoms with Gasteiger partial charge < -0.3 is 0 Å². The van der Waals surface area contributed by atoms with Crippen LogP contribution in [0.4, 0.5) is 0 Å². The molecule has 0 unspecified atom stereocenters. The van der Waals surface area contributed by atoms with Crippen molar-refractivity contribution in [1.29, 1.82) is 0 Å². The summed E-state index contributed by atoms with van der Waals surface area (Å²) in [5, 5.41) is 0. The van der Waals surface area contributed by atoms with Crippen molar-refractivity contribution in [3.05, 3.63) is 12.2 Å². The van der Waals surface area contributed by atoms with Crippen molar-refractivity contribution < 1.29 is 0 Å². The molecule has 0 N–H and O–H groups in total. The van der Waals surface area contributed by atoms with E-state index in [4.69, 9.17) is 0 Å². The van der Waals surface area contributed by atoms with Crippen LogP contribution < -0.4 is 0 Å². The smallest absolute Gasteiger partial charge is 0.0208 e. The monoisotopic (exact) mass is 166 g/mol. The van der Waals surface area contributed by atoms with E-state index in [9.17, 15) is 0 Å². The second-order valence-electron chi connectivity index (χ2n) is 4.78.